The van der Waals surface area contributed by atoms with E-state index >= 15 is 0 Å². The predicted octanol–water partition coefficient (Wildman–Crippen LogP) is 2.49. The number of methoxy groups -OCH3 is 1. The number of hydrogen-bond acceptors (Lipinski definition) is 3. The molecule has 0 amide bonds. The van der Waals surface area contributed by atoms with Gasteiger partial charge in [-0.2, -0.15) is 0 Å². The lowest BCUT2D eigenvalue weighted by molar-refractivity contribution is 0.398. The van der Waals surface area contributed by atoms with Crippen molar-refractivity contribution in [2.75, 3.05) is 7.11 Å². The number of allylic oxidation sites excluding steroid dienone is 1. The van der Waals surface area contributed by atoms with Crippen molar-refractivity contribution in [3.63, 3.8) is 0 Å². The summed E-state index contributed by atoms with van der Waals surface area (Å²) < 4.78 is 4.97. The van der Waals surface area contributed by atoms with Crippen molar-refractivity contribution in [1.29, 1.82) is 0 Å². The Kier molecular flexibility index (Phi) is 2.25. The first kappa shape index (κ1) is 9.21. The van der Waals surface area contributed by atoms with E-state index in [-0.39, 0.29) is 0 Å². The van der Waals surface area contributed by atoms with Crippen molar-refractivity contribution < 1.29 is 9.84 Å². The lowest BCUT2D eigenvalue weighted by Gasteiger charge is -2.05. The van der Waals surface area contributed by atoms with Crippen LogP contribution in [-0.2, 0) is 11.2 Å². The number of rotatable bonds is 1. The first-order valence-electron chi connectivity index (χ1n) is 4.32. The molecule has 1 N–H and O–H groups in total. The van der Waals surface area contributed by atoms with Gasteiger partial charge in [-0.25, -0.2) is 0 Å². The number of aliphatic hydroxyl groups excluding tert-OH is 1. The fraction of sp³-hybridized carbons (Fsp3) is 0.182. The van der Waals surface area contributed by atoms with E-state index in [2.05, 4.69) is 0 Å². The average Bonchev–Trinajstić information content (AvgIpc) is 2.53. The zero-order valence-electron chi connectivity index (χ0n) is 7.78. The van der Waals surface area contributed by atoms with Gasteiger partial charge in [0.25, 0.3) is 0 Å². The number of fused-ring (bicyclic) bond motifs is 1. The molecule has 0 radical (unpaired) electrons. The first-order valence-corrected chi connectivity index (χ1v) is 4.73. The van der Waals surface area contributed by atoms with E-state index in [1.807, 2.05) is 24.3 Å². The van der Waals surface area contributed by atoms with Crippen molar-refractivity contribution >= 4 is 22.8 Å². The van der Waals surface area contributed by atoms with Crippen LogP contribution in [0.1, 0.15) is 11.1 Å². The van der Waals surface area contributed by atoms with E-state index < -0.39 is 0 Å². The smallest absolute Gasteiger partial charge is 0.194 e. The molecular formula is C11H10O2S. The summed E-state index contributed by atoms with van der Waals surface area (Å²) in [5.74, 6) is 0.304. The van der Waals surface area contributed by atoms with Gasteiger partial charge in [-0.3, -0.25) is 0 Å². The molecule has 2 rings (SSSR count). The normalized spacial score (nSPS) is 14.1. The molecule has 14 heavy (non-hydrogen) atoms. The monoisotopic (exact) mass is 206 g/mol. The maximum atomic E-state index is 9.72. The second-order valence-corrected chi connectivity index (χ2v) is 3.52. The molecule has 0 aliphatic heterocycles. The SMILES string of the molecule is COC(=S)C1=C(O)Cc2ccccc21. The van der Waals surface area contributed by atoms with E-state index in [9.17, 15) is 5.11 Å². The molecule has 0 saturated heterocycles. The van der Waals surface area contributed by atoms with Crippen LogP contribution in [0.4, 0.5) is 0 Å². The van der Waals surface area contributed by atoms with E-state index in [1.54, 1.807) is 0 Å². The van der Waals surface area contributed by atoms with Crippen LogP contribution < -0.4 is 0 Å². The summed E-state index contributed by atoms with van der Waals surface area (Å²) in [6.45, 7) is 0. The minimum Gasteiger partial charge on any atom is -0.511 e. The van der Waals surface area contributed by atoms with Gasteiger partial charge in [-0.15, -0.1) is 0 Å². The highest BCUT2D eigenvalue weighted by molar-refractivity contribution is 7.81. The van der Waals surface area contributed by atoms with Gasteiger partial charge in [0.15, 0.2) is 5.05 Å². The van der Waals surface area contributed by atoms with Crippen LogP contribution in [0.3, 0.4) is 0 Å². The fourth-order valence-electron chi connectivity index (χ4n) is 1.67. The summed E-state index contributed by atoms with van der Waals surface area (Å²) in [5.41, 5.74) is 2.74. The third-order valence-electron chi connectivity index (χ3n) is 2.32. The summed E-state index contributed by atoms with van der Waals surface area (Å²) in [6, 6.07) is 7.80. The number of ether oxygens (including phenoxy) is 1. The van der Waals surface area contributed by atoms with E-state index in [0.717, 1.165) is 11.1 Å². The quantitative estimate of drug-likeness (QED) is 0.716. The Bertz CT molecular complexity index is 421. The summed E-state index contributed by atoms with van der Waals surface area (Å²) in [4.78, 5) is 0. The molecule has 0 atom stereocenters. The van der Waals surface area contributed by atoms with Gasteiger partial charge in [-0.1, -0.05) is 24.3 Å². The molecule has 0 bridgehead atoms. The Labute approximate surface area is 87.8 Å². The topological polar surface area (TPSA) is 29.5 Å². The largest absolute Gasteiger partial charge is 0.511 e. The van der Waals surface area contributed by atoms with Crippen LogP contribution in [-0.4, -0.2) is 17.3 Å². The third kappa shape index (κ3) is 1.30. The Balaban J connectivity index is 2.51. The molecule has 0 unspecified atom stereocenters. The van der Waals surface area contributed by atoms with Crippen LogP contribution >= 0.6 is 12.2 Å². The van der Waals surface area contributed by atoms with Crippen LogP contribution in [0.2, 0.25) is 0 Å². The minimum absolute atomic E-state index is 0.304. The zero-order chi connectivity index (χ0) is 10.1. The molecule has 0 spiro atoms. The highest BCUT2D eigenvalue weighted by atomic mass is 32.1. The van der Waals surface area contributed by atoms with Gasteiger partial charge < -0.3 is 9.84 Å². The van der Waals surface area contributed by atoms with Crippen molar-refractivity contribution in [3.05, 3.63) is 41.2 Å². The Morgan fingerprint density at radius 1 is 1.43 bits per heavy atom. The van der Waals surface area contributed by atoms with Crippen LogP contribution in [0.15, 0.2) is 30.0 Å². The molecule has 2 nitrogen and oxygen atoms in total. The standard InChI is InChI=1S/C11H10O2S/c1-13-11(14)10-8-5-3-2-4-7(8)6-9(10)12/h2-5,12H,6H2,1H3. The number of thiocarbonyl (C=S) groups is 1. The third-order valence-corrected chi connectivity index (χ3v) is 2.69. The maximum Gasteiger partial charge on any atom is 0.194 e. The first-order chi connectivity index (χ1) is 6.74. The molecule has 1 aliphatic rings. The van der Waals surface area contributed by atoms with Crippen molar-refractivity contribution in [3.8, 4) is 0 Å². The van der Waals surface area contributed by atoms with Crippen LogP contribution in [0.25, 0.3) is 5.57 Å². The molecule has 0 heterocycles. The summed E-state index contributed by atoms with van der Waals surface area (Å²) in [6.07, 6.45) is 0.551. The second kappa shape index (κ2) is 3.42. The molecule has 0 aromatic heterocycles. The minimum atomic E-state index is 0.304. The lowest BCUT2D eigenvalue weighted by atomic mass is 10.1. The Morgan fingerprint density at radius 3 is 2.86 bits per heavy atom. The van der Waals surface area contributed by atoms with Crippen molar-refractivity contribution in [2.45, 2.75) is 6.42 Å². The Morgan fingerprint density at radius 2 is 2.14 bits per heavy atom. The zero-order valence-corrected chi connectivity index (χ0v) is 8.60. The van der Waals surface area contributed by atoms with Gasteiger partial charge in [0.1, 0.15) is 5.76 Å². The van der Waals surface area contributed by atoms with E-state index in [1.165, 1.54) is 7.11 Å². The molecule has 0 fully saturated rings. The van der Waals surface area contributed by atoms with Crippen LogP contribution in [0.5, 0.6) is 0 Å². The van der Waals surface area contributed by atoms with Gasteiger partial charge in [0.2, 0.25) is 0 Å². The van der Waals surface area contributed by atoms with Crippen LogP contribution in [0, 0.1) is 0 Å². The van der Waals surface area contributed by atoms with E-state index in [0.29, 0.717) is 22.8 Å². The fourth-order valence-corrected chi connectivity index (χ4v) is 1.90. The molecule has 72 valence electrons. The molecule has 1 aromatic rings. The number of aliphatic hydroxyl groups is 1. The molecule has 0 saturated carbocycles. The van der Waals surface area contributed by atoms with E-state index in [4.69, 9.17) is 17.0 Å². The Hall–Kier alpha value is -1.35. The van der Waals surface area contributed by atoms with Gasteiger partial charge in [0.05, 0.1) is 12.7 Å². The number of hydrogen-bond donors (Lipinski definition) is 1. The number of benzene rings is 1. The summed E-state index contributed by atoms with van der Waals surface area (Å²) in [5, 5.41) is 10.1. The summed E-state index contributed by atoms with van der Waals surface area (Å²) in [7, 11) is 1.52. The average molecular weight is 206 g/mol. The van der Waals surface area contributed by atoms with Gasteiger partial charge in [0, 0.05) is 6.42 Å². The highest BCUT2D eigenvalue weighted by Crippen LogP contribution is 2.32. The predicted molar refractivity (Wildman–Crippen MR) is 59.3 cm³/mol. The maximum absolute atomic E-state index is 9.72. The second-order valence-electron chi connectivity index (χ2n) is 3.15. The highest BCUT2D eigenvalue weighted by Gasteiger charge is 2.24. The molecule has 3 heteroatoms. The van der Waals surface area contributed by atoms with Crippen molar-refractivity contribution in [2.24, 2.45) is 0 Å². The molecule has 1 aliphatic carbocycles. The van der Waals surface area contributed by atoms with Crippen molar-refractivity contribution in [1.82, 2.24) is 0 Å². The van der Waals surface area contributed by atoms with Gasteiger partial charge in [-0.05, 0) is 23.3 Å². The van der Waals surface area contributed by atoms with Gasteiger partial charge >= 0.3 is 0 Å². The lowest BCUT2D eigenvalue weighted by Crippen LogP contribution is -2.01. The summed E-state index contributed by atoms with van der Waals surface area (Å²) >= 11 is 5.03. The molecular weight excluding hydrogens is 196 g/mol. The molecule has 1 aromatic carbocycles.